The number of carbonyl (C=O) groups is 1. The van der Waals surface area contributed by atoms with Gasteiger partial charge in [0.25, 0.3) is 5.91 Å². The number of primary amides is 1. The van der Waals surface area contributed by atoms with Crippen molar-refractivity contribution in [2.24, 2.45) is 11.1 Å². The molecule has 47 heavy (non-hydrogen) atoms. The van der Waals surface area contributed by atoms with Crippen molar-refractivity contribution in [3.63, 3.8) is 0 Å². The van der Waals surface area contributed by atoms with E-state index in [0.717, 1.165) is 51.1 Å². The summed E-state index contributed by atoms with van der Waals surface area (Å²) in [5.74, 6) is 0.274. The molecule has 1 saturated carbocycles. The number of carbonyl (C=O) groups excluding carboxylic acids is 1. The summed E-state index contributed by atoms with van der Waals surface area (Å²) in [5, 5.41) is 6.98. The molecule has 5 fully saturated rings. The van der Waals surface area contributed by atoms with Crippen LogP contribution in [0.3, 0.4) is 0 Å². The van der Waals surface area contributed by atoms with Crippen molar-refractivity contribution < 1.29 is 9.53 Å². The van der Waals surface area contributed by atoms with Crippen LogP contribution in [0.15, 0.2) is 48.7 Å². The monoisotopic (exact) mass is 637 g/mol. The summed E-state index contributed by atoms with van der Waals surface area (Å²) in [5.41, 5.74) is 9.72. The van der Waals surface area contributed by atoms with Crippen LogP contribution in [0, 0.1) is 5.41 Å². The average molecular weight is 638 g/mol. The van der Waals surface area contributed by atoms with Crippen LogP contribution in [-0.2, 0) is 4.74 Å². The number of ether oxygens (including phenoxy) is 1. The molecule has 1 unspecified atom stereocenters. The second-order valence-corrected chi connectivity index (χ2v) is 14.7. The Morgan fingerprint density at radius 1 is 0.936 bits per heavy atom. The third-order valence-corrected chi connectivity index (χ3v) is 11.3. The molecule has 4 aliphatic heterocycles. The lowest BCUT2D eigenvalue weighted by molar-refractivity contribution is -0.0704. The first-order valence-electron chi connectivity index (χ1n) is 17.4. The molecule has 11 nitrogen and oxygen atoms in total. The zero-order chi connectivity index (χ0) is 32.0. The van der Waals surface area contributed by atoms with Gasteiger partial charge in [0.15, 0.2) is 17.3 Å². The van der Waals surface area contributed by atoms with E-state index in [1.54, 1.807) is 6.20 Å². The number of pyridine rings is 1. The van der Waals surface area contributed by atoms with Gasteiger partial charge in [-0.3, -0.25) is 14.7 Å². The molecule has 11 heteroatoms. The summed E-state index contributed by atoms with van der Waals surface area (Å²) in [6, 6.07) is 14.9. The van der Waals surface area contributed by atoms with Crippen molar-refractivity contribution in [2.75, 3.05) is 68.5 Å². The number of benzene rings is 1. The molecule has 8 rings (SSSR count). The number of amides is 1. The van der Waals surface area contributed by atoms with Crippen LogP contribution in [0.5, 0.6) is 0 Å². The first kappa shape index (κ1) is 30.5. The lowest BCUT2D eigenvalue weighted by Crippen LogP contribution is -2.63. The highest BCUT2D eigenvalue weighted by Gasteiger charge is 2.48. The number of anilines is 4. The molecule has 248 valence electrons. The maximum Gasteiger partial charge on any atom is 0.271 e. The molecule has 1 aromatic carbocycles. The van der Waals surface area contributed by atoms with Gasteiger partial charge < -0.3 is 30.9 Å². The van der Waals surface area contributed by atoms with Gasteiger partial charge in [-0.15, -0.1) is 0 Å². The van der Waals surface area contributed by atoms with Gasteiger partial charge in [0.1, 0.15) is 5.69 Å². The normalized spacial score (nSPS) is 24.2. The SMILES string of the molecule is CN1CCC2(CC1)CN(C1CCN(c3ccc(Nc4nc(NC5CCOC6(CC6)C5)c(-c5ccccn5)nc4C(N)=O)cc3)CC1)C2. The predicted octanol–water partition coefficient (Wildman–Crippen LogP) is 4.50. The molecule has 1 aliphatic carbocycles. The second kappa shape index (κ2) is 12.3. The minimum absolute atomic E-state index is 0.00391. The number of hydrogen-bond donors (Lipinski definition) is 3. The quantitative estimate of drug-likeness (QED) is 0.325. The van der Waals surface area contributed by atoms with Crippen molar-refractivity contribution in [1.29, 1.82) is 0 Å². The summed E-state index contributed by atoms with van der Waals surface area (Å²) >= 11 is 0. The minimum atomic E-state index is -0.643. The topological polar surface area (TPSA) is 125 Å². The smallest absolute Gasteiger partial charge is 0.271 e. The van der Waals surface area contributed by atoms with E-state index in [9.17, 15) is 4.79 Å². The number of nitrogens with two attached hydrogens (primary N) is 1. The fourth-order valence-corrected chi connectivity index (χ4v) is 8.17. The van der Waals surface area contributed by atoms with Crippen LogP contribution in [0.25, 0.3) is 11.4 Å². The molecular formula is C36H47N9O2. The Morgan fingerprint density at radius 3 is 2.38 bits per heavy atom. The number of piperidine rings is 2. The zero-order valence-corrected chi connectivity index (χ0v) is 27.5. The Balaban J connectivity index is 0.950. The Hall–Kier alpha value is -3.80. The van der Waals surface area contributed by atoms with Crippen LogP contribution in [-0.4, -0.2) is 101 Å². The molecule has 2 spiro atoms. The molecule has 0 bridgehead atoms. The van der Waals surface area contributed by atoms with Crippen molar-refractivity contribution in [3.8, 4) is 11.4 Å². The molecule has 5 aliphatic rings. The van der Waals surface area contributed by atoms with E-state index in [1.807, 2.05) is 30.3 Å². The van der Waals surface area contributed by atoms with Gasteiger partial charge in [0, 0.05) is 62.4 Å². The van der Waals surface area contributed by atoms with Crippen molar-refractivity contribution in [2.45, 2.75) is 69.1 Å². The maximum absolute atomic E-state index is 12.7. The van der Waals surface area contributed by atoms with E-state index < -0.39 is 5.91 Å². The van der Waals surface area contributed by atoms with Gasteiger partial charge in [-0.1, -0.05) is 6.07 Å². The first-order valence-corrected chi connectivity index (χ1v) is 17.4. The molecule has 0 radical (unpaired) electrons. The number of nitrogens with zero attached hydrogens (tertiary/aromatic N) is 6. The van der Waals surface area contributed by atoms with Gasteiger partial charge in [0.05, 0.1) is 11.3 Å². The van der Waals surface area contributed by atoms with Gasteiger partial charge in [-0.2, -0.15) is 0 Å². The average Bonchev–Trinajstić information content (AvgIpc) is 3.82. The lowest BCUT2D eigenvalue weighted by atomic mass is 9.71. The highest BCUT2D eigenvalue weighted by atomic mass is 16.5. The van der Waals surface area contributed by atoms with Crippen LogP contribution in [0.2, 0.25) is 0 Å². The lowest BCUT2D eigenvalue weighted by Gasteiger charge is -2.57. The summed E-state index contributed by atoms with van der Waals surface area (Å²) in [6.07, 6.45) is 10.8. The molecule has 6 heterocycles. The Kier molecular flexibility index (Phi) is 8.01. The fraction of sp³-hybridized carbons (Fsp3) is 0.556. The van der Waals surface area contributed by atoms with E-state index in [0.29, 0.717) is 34.5 Å². The van der Waals surface area contributed by atoms with E-state index in [4.69, 9.17) is 20.4 Å². The van der Waals surface area contributed by atoms with E-state index in [2.05, 4.69) is 49.5 Å². The summed E-state index contributed by atoms with van der Waals surface area (Å²) in [7, 11) is 2.25. The maximum atomic E-state index is 12.7. The van der Waals surface area contributed by atoms with Crippen molar-refractivity contribution in [3.05, 3.63) is 54.4 Å². The third-order valence-electron chi connectivity index (χ3n) is 11.3. The van der Waals surface area contributed by atoms with Crippen LogP contribution >= 0.6 is 0 Å². The predicted molar refractivity (Wildman–Crippen MR) is 184 cm³/mol. The molecule has 4 N–H and O–H groups in total. The number of hydrogen-bond acceptors (Lipinski definition) is 10. The molecule has 4 saturated heterocycles. The highest BCUT2D eigenvalue weighted by molar-refractivity contribution is 5.97. The van der Waals surface area contributed by atoms with Crippen LogP contribution in [0.4, 0.5) is 23.0 Å². The number of nitrogens with one attached hydrogen (secondary N) is 2. The van der Waals surface area contributed by atoms with E-state index >= 15 is 0 Å². The van der Waals surface area contributed by atoms with Crippen LogP contribution < -0.4 is 21.3 Å². The summed E-state index contributed by atoms with van der Waals surface area (Å²) in [4.78, 5) is 34.6. The summed E-state index contributed by atoms with van der Waals surface area (Å²) in [6.45, 7) is 7.93. The zero-order valence-electron chi connectivity index (χ0n) is 27.5. The summed E-state index contributed by atoms with van der Waals surface area (Å²) < 4.78 is 6.05. The number of aromatic nitrogens is 3. The highest BCUT2D eigenvalue weighted by Crippen LogP contribution is 2.47. The first-order chi connectivity index (χ1) is 22.9. The number of rotatable bonds is 8. The van der Waals surface area contributed by atoms with Crippen molar-refractivity contribution in [1.82, 2.24) is 24.8 Å². The molecule has 1 atom stereocenters. The Morgan fingerprint density at radius 2 is 1.70 bits per heavy atom. The van der Waals surface area contributed by atoms with Gasteiger partial charge in [-0.25, -0.2) is 9.97 Å². The van der Waals surface area contributed by atoms with Crippen molar-refractivity contribution >= 4 is 28.9 Å². The molecule has 2 aromatic heterocycles. The van der Waals surface area contributed by atoms with E-state index in [-0.39, 0.29) is 17.3 Å². The minimum Gasteiger partial charge on any atom is -0.375 e. The van der Waals surface area contributed by atoms with Gasteiger partial charge in [-0.05, 0) is 113 Å². The standard InChI is InChI=1S/C36H47N9O2/c1-43-19-14-35(15-20-43)23-45(24-35)28-9-17-44(18-10-28)27-7-5-25(6-8-27)39-34-31(32(37)46)41-30(29-4-2-3-16-38-29)33(42-34)40-26-11-21-47-36(22-26)12-13-36/h2-8,16,26,28H,9-15,17-24H2,1H3,(H2,37,46)(H2,39,40,42). The largest absolute Gasteiger partial charge is 0.375 e. The third kappa shape index (κ3) is 6.40. The molecular weight excluding hydrogens is 590 g/mol. The van der Waals surface area contributed by atoms with E-state index in [1.165, 1.54) is 57.5 Å². The van der Waals surface area contributed by atoms with Crippen LogP contribution in [0.1, 0.15) is 61.9 Å². The van der Waals surface area contributed by atoms with Gasteiger partial charge >= 0.3 is 0 Å². The Bertz CT molecular complexity index is 1570. The second-order valence-electron chi connectivity index (χ2n) is 14.7. The molecule has 3 aromatic rings. The Labute approximate surface area is 277 Å². The fourth-order valence-electron chi connectivity index (χ4n) is 8.17. The molecule has 1 amide bonds. The van der Waals surface area contributed by atoms with Gasteiger partial charge in [0.2, 0.25) is 0 Å². The number of likely N-dealkylation sites (tertiary alicyclic amines) is 2.